The largest absolute Gasteiger partial charge is 0.443 e. The van der Waals surface area contributed by atoms with Crippen LogP contribution in [0.3, 0.4) is 0 Å². The van der Waals surface area contributed by atoms with Crippen LogP contribution in [0.2, 0.25) is 0 Å². The maximum absolute atomic E-state index is 14.7. The van der Waals surface area contributed by atoms with Gasteiger partial charge in [0.05, 0.1) is 31.1 Å². The molecule has 2 saturated heterocycles. The molecule has 0 radical (unpaired) electrons. The van der Waals surface area contributed by atoms with Gasteiger partial charge in [0.2, 0.25) is 0 Å². The quantitative estimate of drug-likeness (QED) is 0.893. The van der Waals surface area contributed by atoms with Gasteiger partial charge in [0.25, 0.3) is 0 Å². The predicted molar refractivity (Wildman–Crippen MR) is 94.8 cm³/mol. The van der Waals surface area contributed by atoms with Crippen LogP contribution in [0.1, 0.15) is 32.9 Å². The maximum Gasteiger partial charge on any atom is 0.414 e. The van der Waals surface area contributed by atoms with Crippen molar-refractivity contribution >= 4 is 17.5 Å². The normalized spacial score (nSPS) is 28.4. The molecule has 0 aliphatic carbocycles. The van der Waals surface area contributed by atoms with E-state index < -0.39 is 50.7 Å². The monoisotopic (exact) mass is 360 g/mol. The Morgan fingerprint density at radius 2 is 2.12 bits per heavy atom. The summed E-state index contributed by atoms with van der Waals surface area (Å²) in [6.07, 6.45) is -1.92. The number of hydrogen-bond acceptors (Lipinski definition) is 5. The predicted octanol–water partition coefficient (Wildman–Crippen LogP) is 2.38. The summed E-state index contributed by atoms with van der Waals surface area (Å²) in [6, 6.07) is 4.22. The van der Waals surface area contributed by atoms with Gasteiger partial charge in [0.1, 0.15) is 11.9 Å². The molecule has 2 aliphatic rings. The highest BCUT2D eigenvalue weighted by Gasteiger charge is 2.33. The standard InChI is InChI=1S/C18H26FN3O3/c1-18(2,3)20-11-14-12-22(17(23)25-14)13-4-5-16(15(19)10-13)21-6-8-24-9-7-21/h4-5,10,14,20H,6-9,11-12H2,1-3H3/t14-/m0/s1/i1D3,2D3,3D3. The number of carbonyl (C=O) groups excluding carboxylic acids is 1. The van der Waals surface area contributed by atoms with E-state index in [-0.39, 0.29) is 12.2 Å². The number of anilines is 2. The van der Waals surface area contributed by atoms with E-state index in [1.165, 1.54) is 18.2 Å². The van der Waals surface area contributed by atoms with Gasteiger partial charge in [0.15, 0.2) is 0 Å². The molecule has 0 aromatic heterocycles. The van der Waals surface area contributed by atoms with Gasteiger partial charge in [-0.05, 0) is 38.8 Å². The van der Waals surface area contributed by atoms with Crippen LogP contribution in [0, 0.1) is 5.82 Å². The molecular weight excluding hydrogens is 325 g/mol. The number of morpholine rings is 1. The summed E-state index contributed by atoms with van der Waals surface area (Å²) in [7, 11) is 0. The summed E-state index contributed by atoms with van der Waals surface area (Å²) in [4.78, 5) is 15.3. The minimum Gasteiger partial charge on any atom is -0.443 e. The Balaban J connectivity index is 1.76. The highest BCUT2D eigenvalue weighted by molar-refractivity contribution is 5.90. The summed E-state index contributed by atoms with van der Waals surface area (Å²) in [5.41, 5.74) is -2.69. The van der Waals surface area contributed by atoms with Crippen LogP contribution >= 0.6 is 0 Å². The molecule has 2 heterocycles. The van der Waals surface area contributed by atoms with Gasteiger partial charge in [-0.25, -0.2) is 9.18 Å². The first-order valence-corrected chi connectivity index (χ1v) is 7.94. The van der Waals surface area contributed by atoms with Crippen LogP contribution in [0.15, 0.2) is 18.2 Å². The lowest BCUT2D eigenvalue weighted by Gasteiger charge is -2.29. The Labute approximate surface area is 160 Å². The van der Waals surface area contributed by atoms with Crippen LogP contribution in [0.5, 0.6) is 0 Å². The van der Waals surface area contributed by atoms with E-state index in [1.807, 2.05) is 4.90 Å². The molecule has 0 unspecified atom stereocenters. The third kappa shape index (κ3) is 4.41. The number of ether oxygens (including phenoxy) is 2. The minimum atomic E-state index is -3.43. The zero-order valence-electron chi connectivity index (χ0n) is 22.5. The molecule has 3 rings (SSSR count). The van der Waals surface area contributed by atoms with Gasteiger partial charge < -0.3 is 19.7 Å². The second-order valence-electron chi connectivity index (χ2n) is 5.98. The summed E-state index contributed by atoms with van der Waals surface area (Å²) >= 11 is 0. The van der Waals surface area contributed by atoms with Crippen molar-refractivity contribution in [3.8, 4) is 0 Å². The zero-order valence-corrected chi connectivity index (χ0v) is 13.5. The van der Waals surface area contributed by atoms with Crippen molar-refractivity contribution in [2.75, 3.05) is 49.2 Å². The molecule has 25 heavy (non-hydrogen) atoms. The molecule has 2 aliphatic heterocycles. The van der Waals surface area contributed by atoms with E-state index in [4.69, 9.17) is 21.8 Å². The van der Waals surface area contributed by atoms with Gasteiger partial charge in [-0.2, -0.15) is 0 Å². The van der Waals surface area contributed by atoms with E-state index >= 15 is 0 Å². The summed E-state index contributed by atoms with van der Waals surface area (Å²) in [5.74, 6) is -0.556. The molecular formula is C18H26FN3O3. The fourth-order valence-corrected chi connectivity index (χ4v) is 2.83. The van der Waals surface area contributed by atoms with Crippen molar-refractivity contribution in [3.63, 3.8) is 0 Å². The van der Waals surface area contributed by atoms with E-state index in [1.54, 1.807) is 0 Å². The van der Waals surface area contributed by atoms with Crippen molar-refractivity contribution in [3.05, 3.63) is 24.0 Å². The first kappa shape index (κ1) is 9.73. The third-order valence-corrected chi connectivity index (χ3v) is 4.06. The molecule has 0 spiro atoms. The maximum atomic E-state index is 14.7. The number of rotatable bonds is 4. The minimum absolute atomic E-state index is 0.165. The van der Waals surface area contributed by atoms with Crippen LogP contribution < -0.4 is 15.1 Å². The number of benzene rings is 1. The Bertz CT molecular complexity index is 865. The van der Waals surface area contributed by atoms with E-state index in [2.05, 4.69) is 5.32 Å². The molecule has 138 valence electrons. The van der Waals surface area contributed by atoms with Crippen molar-refractivity contribution in [2.24, 2.45) is 0 Å². The molecule has 0 saturated carbocycles. The van der Waals surface area contributed by atoms with Gasteiger partial charge >= 0.3 is 6.09 Å². The van der Waals surface area contributed by atoms with Crippen molar-refractivity contribution in [1.29, 1.82) is 0 Å². The van der Waals surface area contributed by atoms with E-state index in [0.717, 1.165) is 4.90 Å². The number of halogens is 1. The highest BCUT2D eigenvalue weighted by atomic mass is 19.1. The number of cyclic esters (lactones) is 1. The number of nitrogens with one attached hydrogen (secondary N) is 1. The first-order chi connectivity index (χ1) is 15.6. The lowest BCUT2D eigenvalue weighted by atomic mass is 10.1. The molecule has 1 aromatic rings. The molecule has 1 atom stereocenters. The lowest BCUT2D eigenvalue weighted by molar-refractivity contribution is 0.122. The number of carbonyl (C=O) groups is 1. The van der Waals surface area contributed by atoms with Gasteiger partial charge in [-0.3, -0.25) is 4.90 Å². The SMILES string of the molecule is [2H]C([2H])([2H])C(NC[C@H]1CN(c2ccc(N3CCOCC3)c(F)c2)C(=O)O1)(C([2H])([2H])[2H])C([2H])([2H])[2H]. The van der Waals surface area contributed by atoms with Gasteiger partial charge in [-0.15, -0.1) is 0 Å². The second kappa shape index (κ2) is 7.17. The lowest BCUT2D eigenvalue weighted by Crippen LogP contribution is -2.42. The van der Waals surface area contributed by atoms with Gasteiger partial charge in [0, 0.05) is 37.5 Å². The molecule has 1 amide bonds. The number of nitrogens with zero attached hydrogens (tertiary/aromatic N) is 2. The average molecular weight is 360 g/mol. The smallest absolute Gasteiger partial charge is 0.414 e. The molecule has 0 bridgehead atoms. The number of hydrogen-bond donors (Lipinski definition) is 1. The fourth-order valence-electron chi connectivity index (χ4n) is 2.83. The Morgan fingerprint density at radius 3 is 2.80 bits per heavy atom. The average Bonchev–Trinajstić information content (AvgIpc) is 3.06. The molecule has 2 fully saturated rings. The molecule has 7 heteroatoms. The van der Waals surface area contributed by atoms with E-state index in [0.29, 0.717) is 32.0 Å². The second-order valence-corrected chi connectivity index (χ2v) is 5.98. The van der Waals surface area contributed by atoms with Crippen molar-refractivity contribution in [1.82, 2.24) is 5.32 Å². The van der Waals surface area contributed by atoms with Crippen LogP contribution in [-0.2, 0) is 9.47 Å². The van der Waals surface area contributed by atoms with Crippen molar-refractivity contribution in [2.45, 2.75) is 32.2 Å². The molecule has 1 N–H and O–H groups in total. The first-order valence-electron chi connectivity index (χ1n) is 12.4. The Hall–Kier alpha value is -1.86. The van der Waals surface area contributed by atoms with Crippen LogP contribution in [0.25, 0.3) is 0 Å². The number of amides is 1. The summed E-state index contributed by atoms with van der Waals surface area (Å²) in [5, 5.41) is 2.17. The van der Waals surface area contributed by atoms with Crippen LogP contribution in [0.4, 0.5) is 20.6 Å². The van der Waals surface area contributed by atoms with Crippen molar-refractivity contribution < 1.29 is 31.0 Å². The molecule has 6 nitrogen and oxygen atoms in total. The molecule has 1 aromatic carbocycles. The van der Waals surface area contributed by atoms with Crippen LogP contribution in [-0.4, -0.2) is 57.1 Å². The highest BCUT2D eigenvalue weighted by Crippen LogP contribution is 2.28. The summed E-state index contributed by atoms with van der Waals surface area (Å²) < 4.78 is 94.0. The Morgan fingerprint density at radius 1 is 1.36 bits per heavy atom. The zero-order chi connectivity index (χ0) is 25.5. The van der Waals surface area contributed by atoms with Gasteiger partial charge in [-0.1, -0.05) is 0 Å². The fraction of sp³-hybridized carbons (Fsp3) is 0.611. The topological polar surface area (TPSA) is 54.0 Å². The van der Waals surface area contributed by atoms with E-state index in [9.17, 15) is 9.18 Å². The summed E-state index contributed by atoms with van der Waals surface area (Å²) in [6.45, 7) is -9.01. The third-order valence-electron chi connectivity index (χ3n) is 4.06. The Kier molecular flexibility index (Phi) is 2.79.